The van der Waals surface area contributed by atoms with Crippen LogP contribution >= 0.6 is 31.9 Å². The van der Waals surface area contributed by atoms with Crippen LogP contribution in [0.2, 0.25) is 0 Å². The van der Waals surface area contributed by atoms with Crippen molar-refractivity contribution in [3.8, 4) is 0 Å². The van der Waals surface area contributed by atoms with Crippen molar-refractivity contribution in [2.45, 2.75) is 25.6 Å². The first-order chi connectivity index (χ1) is 8.50. The van der Waals surface area contributed by atoms with Crippen LogP contribution in [0.3, 0.4) is 0 Å². The monoisotopic (exact) mass is 366 g/mol. The van der Waals surface area contributed by atoms with E-state index in [4.69, 9.17) is 0 Å². The highest BCUT2D eigenvalue weighted by atomic mass is 79.9. The van der Waals surface area contributed by atoms with Gasteiger partial charge in [0.25, 0.3) is 0 Å². The number of hydrogen-bond donors (Lipinski definition) is 0. The molecule has 0 heterocycles. The molecule has 0 fully saturated rings. The zero-order valence-electron chi connectivity index (χ0n) is 10.8. The summed E-state index contributed by atoms with van der Waals surface area (Å²) in [7, 11) is 0. The quantitative estimate of drug-likeness (QED) is 0.583. The zero-order chi connectivity index (χ0) is 13.3. The highest BCUT2D eigenvalue weighted by molar-refractivity contribution is 9.10. The summed E-state index contributed by atoms with van der Waals surface area (Å²) >= 11 is 7.44. The first-order valence-electron chi connectivity index (χ1n) is 5.97. The summed E-state index contributed by atoms with van der Waals surface area (Å²) in [5.41, 5.74) is 6.57. The Morgan fingerprint density at radius 3 is 2.39 bits per heavy atom. The van der Waals surface area contributed by atoms with Crippen molar-refractivity contribution in [3.63, 3.8) is 0 Å². The van der Waals surface area contributed by atoms with Gasteiger partial charge in [0, 0.05) is 4.47 Å². The van der Waals surface area contributed by atoms with Gasteiger partial charge < -0.3 is 0 Å². The van der Waals surface area contributed by atoms with Gasteiger partial charge in [-0.15, -0.1) is 0 Å². The first-order valence-corrected chi connectivity index (χ1v) is 7.68. The van der Waals surface area contributed by atoms with E-state index in [0.717, 1.165) is 4.47 Å². The molecule has 94 valence electrons. The summed E-state index contributed by atoms with van der Waals surface area (Å²) < 4.78 is 1.16. The molecule has 0 amide bonds. The van der Waals surface area contributed by atoms with E-state index in [1.165, 1.54) is 27.8 Å². The smallest absolute Gasteiger partial charge is 0.0650 e. The molecule has 2 aromatic carbocycles. The lowest BCUT2D eigenvalue weighted by atomic mass is 9.96. The number of hydrogen-bond acceptors (Lipinski definition) is 0. The van der Waals surface area contributed by atoms with Gasteiger partial charge in [-0.05, 0) is 49.1 Å². The number of benzene rings is 2. The molecule has 0 aromatic heterocycles. The largest absolute Gasteiger partial charge is 0.0786 e. The fourth-order valence-electron chi connectivity index (χ4n) is 2.10. The van der Waals surface area contributed by atoms with E-state index in [1.807, 2.05) is 0 Å². The Morgan fingerprint density at radius 2 is 1.67 bits per heavy atom. The lowest BCUT2D eigenvalue weighted by molar-refractivity contribution is 1.10. The van der Waals surface area contributed by atoms with Gasteiger partial charge >= 0.3 is 0 Å². The molecule has 0 spiro atoms. The Labute approximate surface area is 126 Å². The molecule has 0 nitrogen and oxygen atoms in total. The molecule has 0 aliphatic heterocycles. The van der Waals surface area contributed by atoms with Crippen LogP contribution in [0.25, 0.3) is 0 Å². The standard InChI is InChI=1S/C16H16Br2/c1-10-7-8-11(2)14(9-10)16(18)13-5-4-6-15(17)12(13)3/h4-9,16H,1-3H3. The minimum Gasteiger partial charge on any atom is -0.0786 e. The van der Waals surface area contributed by atoms with Gasteiger partial charge in [0.1, 0.15) is 0 Å². The van der Waals surface area contributed by atoms with Crippen LogP contribution < -0.4 is 0 Å². The summed E-state index contributed by atoms with van der Waals surface area (Å²) in [5, 5.41) is 0. The topological polar surface area (TPSA) is 0 Å². The van der Waals surface area contributed by atoms with E-state index >= 15 is 0 Å². The summed E-state index contributed by atoms with van der Waals surface area (Å²) in [6.45, 7) is 6.45. The molecule has 2 aromatic rings. The van der Waals surface area contributed by atoms with E-state index in [9.17, 15) is 0 Å². The van der Waals surface area contributed by atoms with Crippen LogP contribution in [-0.4, -0.2) is 0 Å². The van der Waals surface area contributed by atoms with Crippen molar-refractivity contribution in [1.29, 1.82) is 0 Å². The van der Waals surface area contributed by atoms with Crippen LogP contribution in [0.4, 0.5) is 0 Å². The normalized spacial score (nSPS) is 12.5. The van der Waals surface area contributed by atoms with Crippen LogP contribution in [0.1, 0.15) is 32.6 Å². The minimum absolute atomic E-state index is 0.245. The van der Waals surface area contributed by atoms with Gasteiger partial charge in [0.2, 0.25) is 0 Å². The predicted octanol–water partition coefficient (Wildman–Crippen LogP) is 5.86. The van der Waals surface area contributed by atoms with Crippen LogP contribution in [0.15, 0.2) is 40.9 Å². The van der Waals surface area contributed by atoms with Crippen molar-refractivity contribution >= 4 is 31.9 Å². The Hall–Kier alpha value is -0.600. The lowest BCUT2D eigenvalue weighted by Gasteiger charge is -2.17. The summed E-state index contributed by atoms with van der Waals surface area (Å²) in [4.78, 5) is 0.245. The molecule has 1 atom stereocenters. The van der Waals surface area contributed by atoms with Crippen molar-refractivity contribution in [1.82, 2.24) is 0 Å². The van der Waals surface area contributed by atoms with Gasteiger partial charge in [0.15, 0.2) is 0 Å². The Balaban J connectivity index is 2.51. The molecule has 0 saturated heterocycles. The fraction of sp³-hybridized carbons (Fsp3) is 0.250. The second kappa shape index (κ2) is 5.58. The molecular weight excluding hydrogens is 352 g/mol. The summed E-state index contributed by atoms with van der Waals surface area (Å²) in [6.07, 6.45) is 0. The molecule has 0 saturated carbocycles. The fourth-order valence-corrected chi connectivity index (χ4v) is 3.47. The highest BCUT2D eigenvalue weighted by Gasteiger charge is 2.15. The van der Waals surface area contributed by atoms with Crippen molar-refractivity contribution in [2.75, 3.05) is 0 Å². The van der Waals surface area contributed by atoms with E-state index in [2.05, 4.69) is 89.0 Å². The summed E-state index contributed by atoms with van der Waals surface area (Å²) in [6, 6.07) is 13.0. The maximum Gasteiger partial charge on any atom is 0.0650 e. The third kappa shape index (κ3) is 2.70. The minimum atomic E-state index is 0.245. The van der Waals surface area contributed by atoms with Gasteiger partial charge in [-0.25, -0.2) is 0 Å². The van der Waals surface area contributed by atoms with Gasteiger partial charge in [0.05, 0.1) is 4.83 Å². The third-order valence-electron chi connectivity index (χ3n) is 3.29. The SMILES string of the molecule is Cc1ccc(C)c(C(Br)c2cccc(Br)c2C)c1. The molecular formula is C16H16Br2. The molecule has 2 rings (SSSR count). The van der Waals surface area contributed by atoms with Crippen molar-refractivity contribution < 1.29 is 0 Å². The molecule has 0 aliphatic carbocycles. The van der Waals surface area contributed by atoms with Crippen molar-refractivity contribution in [2.24, 2.45) is 0 Å². The van der Waals surface area contributed by atoms with Crippen LogP contribution in [0, 0.1) is 20.8 Å². The number of halogens is 2. The summed E-state index contributed by atoms with van der Waals surface area (Å²) in [5.74, 6) is 0. The molecule has 0 radical (unpaired) electrons. The number of alkyl halides is 1. The maximum absolute atomic E-state index is 3.84. The van der Waals surface area contributed by atoms with Gasteiger partial charge in [-0.3, -0.25) is 0 Å². The maximum atomic E-state index is 3.84. The number of rotatable bonds is 2. The molecule has 2 heteroatoms. The Kier molecular flexibility index (Phi) is 4.29. The average molecular weight is 368 g/mol. The Morgan fingerprint density at radius 1 is 0.944 bits per heavy atom. The predicted molar refractivity (Wildman–Crippen MR) is 85.6 cm³/mol. The van der Waals surface area contributed by atoms with E-state index in [1.54, 1.807) is 0 Å². The van der Waals surface area contributed by atoms with E-state index in [0.29, 0.717) is 0 Å². The first kappa shape index (κ1) is 13.8. The Bertz CT molecular complexity index is 571. The zero-order valence-corrected chi connectivity index (χ0v) is 14.0. The van der Waals surface area contributed by atoms with Gasteiger partial charge in [-0.2, -0.15) is 0 Å². The van der Waals surface area contributed by atoms with E-state index in [-0.39, 0.29) is 4.83 Å². The second-order valence-corrected chi connectivity index (χ2v) is 6.45. The molecule has 0 N–H and O–H groups in total. The van der Waals surface area contributed by atoms with Crippen molar-refractivity contribution in [3.05, 3.63) is 68.7 Å². The molecule has 0 bridgehead atoms. The van der Waals surface area contributed by atoms with E-state index < -0.39 is 0 Å². The van der Waals surface area contributed by atoms with Crippen LogP contribution in [-0.2, 0) is 0 Å². The highest BCUT2D eigenvalue weighted by Crippen LogP contribution is 2.36. The third-order valence-corrected chi connectivity index (χ3v) is 5.14. The molecule has 18 heavy (non-hydrogen) atoms. The van der Waals surface area contributed by atoms with Crippen LogP contribution in [0.5, 0.6) is 0 Å². The average Bonchev–Trinajstić information content (AvgIpc) is 2.35. The molecule has 1 unspecified atom stereocenters. The molecule has 0 aliphatic rings. The number of aryl methyl sites for hydroxylation is 2. The second-order valence-electron chi connectivity index (χ2n) is 4.68. The van der Waals surface area contributed by atoms with Gasteiger partial charge in [-0.1, -0.05) is 67.8 Å². The lowest BCUT2D eigenvalue weighted by Crippen LogP contribution is -1.99.